The van der Waals surface area contributed by atoms with Gasteiger partial charge in [-0.15, -0.1) is 0 Å². The van der Waals surface area contributed by atoms with Crippen LogP contribution >= 0.6 is 0 Å². The van der Waals surface area contributed by atoms with Crippen LogP contribution in [0.3, 0.4) is 0 Å². The van der Waals surface area contributed by atoms with E-state index < -0.39 is 11.6 Å². The first-order chi connectivity index (χ1) is 17.3. The number of esters is 1. The van der Waals surface area contributed by atoms with E-state index in [1.807, 2.05) is 49.3 Å². The first kappa shape index (κ1) is 29.4. The quantitative estimate of drug-likeness (QED) is 0.243. The molecule has 0 spiro atoms. The Hall–Kier alpha value is -2.84. The lowest BCUT2D eigenvalue weighted by Crippen LogP contribution is -2.43. The normalized spacial score (nSPS) is 11.9. The highest BCUT2D eigenvalue weighted by Crippen LogP contribution is 2.13. The summed E-state index contributed by atoms with van der Waals surface area (Å²) in [6, 6.07) is 13.2. The molecule has 1 unspecified atom stereocenters. The van der Waals surface area contributed by atoms with Crippen LogP contribution in [0.4, 0.5) is 8.78 Å². The van der Waals surface area contributed by atoms with Crippen LogP contribution < -0.4 is 5.32 Å². The van der Waals surface area contributed by atoms with Crippen molar-refractivity contribution in [2.24, 2.45) is 0 Å². The van der Waals surface area contributed by atoms with E-state index >= 15 is 0 Å². The molecule has 0 aliphatic heterocycles. The summed E-state index contributed by atoms with van der Waals surface area (Å²) < 4.78 is 37.5. The lowest BCUT2D eigenvalue weighted by atomic mass is 10.1. The van der Waals surface area contributed by atoms with E-state index in [4.69, 9.17) is 9.47 Å². The summed E-state index contributed by atoms with van der Waals surface area (Å²) >= 11 is 0. The van der Waals surface area contributed by atoms with Gasteiger partial charge in [0, 0.05) is 25.1 Å². The molecule has 2 rings (SSSR count). The summed E-state index contributed by atoms with van der Waals surface area (Å²) in [5, 5.41) is 2.96. The SMILES string of the molecule is CN(C)CC(CC(=O)OCc1ccccc1)NC(=O)CCCCCCCOCc1cccc(F)c1F. The Morgan fingerprint density at radius 2 is 1.64 bits per heavy atom. The molecule has 0 fully saturated rings. The maximum Gasteiger partial charge on any atom is 0.308 e. The van der Waals surface area contributed by atoms with Crippen molar-refractivity contribution in [2.75, 3.05) is 27.2 Å². The number of hydrogen-bond donors (Lipinski definition) is 1. The van der Waals surface area contributed by atoms with E-state index in [9.17, 15) is 18.4 Å². The topological polar surface area (TPSA) is 67.9 Å². The van der Waals surface area contributed by atoms with Crippen LogP contribution in [0.1, 0.15) is 56.1 Å². The molecular weight excluding hydrogens is 466 g/mol. The second-order valence-corrected chi connectivity index (χ2v) is 9.16. The van der Waals surface area contributed by atoms with E-state index in [0.29, 0.717) is 19.6 Å². The molecule has 1 amide bonds. The van der Waals surface area contributed by atoms with Gasteiger partial charge in [0.2, 0.25) is 5.91 Å². The monoisotopic (exact) mass is 504 g/mol. The van der Waals surface area contributed by atoms with Crippen molar-refractivity contribution in [1.82, 2.24) is 10.2 Å². The van der Waals surface area contributed by atoms with Crippen LogP contribution in [0.15, 0.2) is 48.5 Å². The highest BCUT2D eigenvalue weighted by atomic mass is 19.2. The number of carbonyl (C=O) groups is 2. The van der Waals surface area contributed by atoms with Crippen molar-refractivity contribution < 1.29 is 27.8 Å². The minimum Gasteiger partial charge on any atom is -0.461 e. The van der Waals surface area contributed by atoms with Crippen LogP contribution in [0.2, 0.25) is 0 Å². The average Bonchev–Trinajstić information content (AvgIpc) is 2.84. The van der Waals surface area contributed by atoms with Gasteiger partial charge in [0.05, 0.1) is 19.1 Å². The molecular formula is C28H38F2N2O4. The Morgan fingerprint density at radius 1 is 0.917 bits per heavy atom. The standard InChI is InChI=1S/C28H38F2N2O4/c1-32(2)19-24(18-27(34)36-20-22-12-7-6-8-13-22)31-26(33)16-9-4-3-5-10-17-35-21-23-14-11-15-25(29)28(23)30/h6-8,11-15,24H,3-5,9-10,16-21H2,1-2H3,(H,31,33). The van der Waals surface area contributed by atoms with Gasteiger partial charge in [-0.25, -0.2) is 8.78 Å². The summed E-state index contributed by atoms with van der Waals surface area (Å²) in [6.07, 6.45) is 4.90. The molecule has 0 aromatic heterocycles. The lowest BCUT2D eigenvalue weighted by molar-refractivity contribution is -0.145. The minimum atomic E-state index is -0.865. The molecule has 0 saturated heterocycles. The first-order valence-corrected chi connectivity index (χ1v) is 12.5. The largest absolute Gasteiger partial charge is 0.461 e. The number of rotatable bonds is 17. The molecule has 0 aliphatic carbocycles. The first-order valence-electron chi connectivity index (χ1n) is 12.5. The highest BCUT2D eigenvalue weighted by Gasteiger charge is 2.18. The molecule has 1 N–H and O–H groups in total. The Kier molecular flexibility index (Phi) is 13.7. The molecule has 0 aliphatic rings. The number of benzene rings is 2. The van der Waals surface area contributed by atoms with Crippen LogP contribution in [0.5, 0.6) is 0 Å². The fourth-order valence-electron chi connectivity index (χ4n) is 3.76. The van der Waals surface area contributed by atoms with E-state index in [1.165, 1.54) is 12.1 Å². The predicted molar refractivity (Wildman–Crippen MR) is 135 cm³/mol. The zero-order chi connectivity index (χ0) is 26.2. The van der Waals surface area contributed by atoms with E-state index in [2.05, 4.69) is 5.32 Å². The second kappa shape index (κ2) is 16.8. The van der Waals surface area contributed by atoms with Crippen LogP contribution in [-0.2, 0) is 32.3 Å². The van der Waals surface area contributed by atoms with Crippen molar-refractivity contribution in [1.29, 1.82) is 0 Å². The third-order valence-corrected chi connectivity index (χ3v) is 5.59. The summed E-state index contributed by atoms with van der Waals surface area (Å²) in [4.78, 5) is 26.6. The molecule has 0 saturated carbocycles. The molecule has 36 heavy (non-hydrogen) atoms. The third kappa shape index (κ3) is 12.2. The fraction of sp³-hybridized carbons (Fsp3) is 0.500. The minimum absolute atomic E-state index is 0.0533. The summed E-state index contributed by atoms with van der Waals surface area (Å²) in [7, 11) is 3.79. The van der Waals surface area contributed by atoms with Crippen LogP contribution in [-0.4, -0.2) is 50.1 Å². The third-order valence-electron chi connectivity index (χ3n) is 5.59. The van der Waals surface area contributed by atoms with Gasteiger partial charge >= 0.3 is 5.97 Å². The number of likely N-dealkylation sites (N-methyl/N-ethyl adjacent to an activating group) is 1. The van der Waals surface area contributed by atoms with E-state index in [0.717, 1.165) is 43.7 Å². The Balaban J connectivity index is 1.56. The number of amides is 1. The molecule has 2 aromatic carbocycles. The van der Waals surface area contributed by atoms with E-state index in [1.54, 1.807) is 0 Å². The number of nitrogens with one attached hydrogen (secondary N) is 1. The van der Waals surface area contributed by atoms with Crippen molar-refractivity contribution in [3.63, 3.8) is 0 Å². The molecule has 8 heteroatoms. The average molecular weight is 505 g/mol. The molecule has 0 heterocycles. The smallest absolute Gasteiger partial charge is 0.308 e. The van der Waals surface area contributed by atoms with Gasteiger partial charge in [-0.2, -0.15) is 0 Å². The summed E-state index contributed by atoms with van der Waals surface area (Å²) in [5.41, 5.74) is 1.14. The van der Waals surface area contributed by atoms with Gasteiger partial charge < -0.3 is 19.7 Å². The second-order valence-electron chi connectivity index (χ2n) is 9.16. The Bertz CT molecular complexity index is 925. The maximum absolute atomic E-state index is 13.6. The van der Waals surface area contributed by atoms with Crippen molar-refractivity contribution >= 4 is 11.9 Å². The zero-order valence-electron chi connectivity index (χ0n) is 21.3. The maximum atomic E-state index is 13.6. The van der Waals surface area contributed by atoms with Crippen LogP contribution in [0, 0.1) is 11.6 Å². The number of hydrogen-bond acceptors (Lipinski definition) is 5. The molecule has 6 nitrogen and oxygen atoms in total. The Morgan fingerprint density at radius 3 is 2.39 bits per heavy atom. The summed E-state index contributed by atoms with van der Waals surface area (Å²) in [6.45, 7) is 1.29. The highest BCUT2D eigenvalue weighted by molar-refractivity contribution is 5.77. The lowest BCUT2D eigenvalue weighted by Gasteiger charge is -2.22. The van der Waals surface area contributed by atoms with Gasteiger partial charge in [0.15, 0.2) is 11.6 Å². The summed E-state index contributed by atoms with van der Waals surface area (Å²) in [5.74, 6) is -2.13. The number of unbranched alkanes of at least 4 members (excludes halogenated alkanes) is 4. The molecule has 198 valence electrons. The van der Waals surface area contributed by atoms with Crippen molar-refractivity contribution in [3.8, 4) is 0 Å². The van der Waals surface area contributed by atoms with Gasteiger partial charge in [-0.05, 0) is 38.6 Å². The van der Waals surface area contributed by atoms with E-state index in [-0.39, 0.29) is 43.1 Å². The zero-order valence-corrected chi connectivity index (χ0v) is 21.3. The Labute approximate surface area is 213 Å². The number of halogens is 2. The van der Waals surface area contributed by atoms with Gasteiger partial charge in [-0.3, -0.25) is 9.59 Å². The molecule has 0 bridgehead atoms. The molecule has 1 atom stereocenters. The number of ether oxygens (including phenoxy) is 2. The number of nitrogens with zero attached hydrogens (tertiary/aromatic N) is 1. The predicted octanol–water partition coefficient (Wildman–Crippen LogP) is 5.00. The van der Waals surface area contributed by atoms with Gasteiger partial charge in [0.25, 0.3) is 0 Å². The van der Waals surface area contributed by atoms with Crippen molar-refractivity contribution in [3.05, 3.63) is 71.3 Å². The van der Waals surface area contributed by atoms with Crippen molar-refractivity contribution in [2.45, 2.75) is 64.2 Å². The molecule has 2 aromatic rings. The molecule has 0 radical (unpaired) electrons. The fourth-order valence-corrected chi connectivity index (χ4v) is 3.76. The van der Waals surface area contributed by atoms with Gasteiger partial charge in [-0.1, -0.05) is 61.7 Å². The number of carbonyl (C=O) groups excluding carboxylic acids is 2. The van der Waals surface area contributed by atoms with Gasteiger partial charge in [0.1, 0.15) is 6.61 Å². The van der Waals surface area contributed by atoms with Crippen LogP contribution in [0.25, 0.3) is 0 Å².